The normalized spacial score (nSPS) is 20.9. The molecule has 0 saturated heterocycles. The number of carbonyl (C=O) groups is 1. The Morgan fingerprint density at radius 3 is 2.76 bits per heavy atom. The zero-order chi connectivity index (χ0) is 12.0. The molecule has 2 aliphatic rings. The molecule has 1 aliphatic carbocycles. The second kappa shape index (κ2) is 3.57. The quantitative estimate of drug-likeness (QED) is 0.693. The van der Waals surface area contributed by atoms with Crippen LogP contribution in [-0.4, -0.2) is 22.4 Å². The van der Waals surface area contributed by atoms with Crippen molar-refractivity contribution in [2.45, 2.75) is 26.2 Å². The monoisotopic (exact) mass is 252 g/mol. The van der Waals surface area contributed by atoms with Gasteiger partial charge >= 0.3 is 0 Å². The summed E-state index contributed by atoms with van der Waals surface area (Å²) in [4.78, 5) is 20.4. The summed E-state index contributed by atoms with van der Waals surface area (Å²) in [5, 5.41) is 6.34. The molecule has 1 saturated carbocycles. The first kappa shape index (κ1) is 10.8. The fourth-order valence-electron chi connectivity index (χ4n) is 2.40. The number of nitrogens with one attached hydrogen (secondary N) is 2. The van der Waals surface area contributed by atoms with Crippen molar-refractivity contribution in [1.29, 1.82) is 0 Å². The molecule has 2 N–H and O–H groups in total. The van der Waals surface area contributed by atoms with E-state index in [2.05, 4.69) is 20.6 Å². The maximum atomic E-state index is 12.2. The SMILES string of the molecule is Cc1nc(Cl)nc2c1NC(=O)C1(CCC1)CN2. The van der Waals surface area contributed by atoms with Crippen LogP contribution in [0.3, 0.4) is 0 Å². The van der Waals surface area contributed by atoms with Gasteiger partial charge in [-0.05, 0) is 31.4 Å². The van der Waals surface area contributed by atoms with Gasteiger partial charge in [0.25, 0.3) is 0 Å². The summed E-state index contributed by atoms with van der Waals surface area (Å²) in [5.41, 5.74) is 1.08. The smallest absolute Gasteiger partial charge is 0.232 e. The molecule has 1 aliphatic heterocycles. The molecule has 17 heavy (non-hydrogen) atoms. The second-order valence-corrected chi connectivity index (χ2v) is 5.08. The molecule has 1 spiro atoms. The summed E-state index contributed by atoms with van der Waals surface area (Å²) < 4.78 is 0. The van der Waals surface area contributed by atoms with E-state index in [1.165, 1.54) is 0 Å². The predicted octanol–water partition coefficient (Wildman–Crippen LogP) is 1.97. The first-order valence-corrected chi connectivity index (χ1v) is 6.08. The van der Waals surface area contributed by atoms with Crippen LogP contribution in [0.25, 0.3) is 0 Å². The van der Waals surface area contributed by atoms with Crippen molar-refractivity contribution in [3.05, 3.63) is 11.0 Å². The van der Waals surface area contributed by atoms with Crippen LogP contribution >= 0.6 is 11.6 Å². The van der Waals surface area contributed by atoms with E-state index in [4.69, 9.17) is 11.6 Å². The number of anilines is 2. The lowest BCUT2D eigenvalue weighted by atomic mass is 9.68. The third-order valence-corrected chi connectivity index (χ3v) is 3.86. The van der Waals surface area contributed by atoms with Gasteiger partial charge in [-0.25, -0.2) is 4.98 Å². The fraction of sp³-hybridized carbons (Fsp3) is 0.545. The van der Waals surface area contributed by atoms with Crippen molar-refractivity contribution < 1.29 is 4.79 Å². The highest BCUT2D eigenvalue weighted by Crippen LogP contribution is 2.44. The number of nitrogens with zero attached hydrogens (tertiary/aromatic N) is 2. The average Bonchev–Trinajstić information content (AvgIpc) is 2.34. The highest BCUT2D eigenvalue weighted by atomic mass is 35.5. The molecular weight excluding hydrogens is 240 g/mol. The number of hydrogen-bond acceptors (Lipinski definition) is 4. The van der Waals surface area contributed by atoms with E-state index in [1.54, 1.807) is 0 Å². The zero-order valence-electron chi connectivity index (χ0n) is 9.51. The molecule has 0 radical (unpaired) electrons. The summed E-state index contributed by atoms with van der Waals surface area (Å²) in [6.45, 7) is 2.44. The minimum absolute atomic E-state index is 0.0732. The molecule has 0 aromatic carbocycles. The van der Waals surface area contributed by atoms with Gasteiger partial charge in [0.05, 0.1) is 11.1 Å². The maximum absolute atomic E-state index is 12.2. The molecule has 0 unspecified atom stereocenters. The molecule has 1 fully saturated rings. The lowest BCUT2D eigenvalue weighted by molar-refractivity contribution is -0.129. The van der Waals surface area contributed by atoms with Gasteiger partial charge in [-0.1, -0.05) is 6.42 Å². The van der Waals surface area contributed by atoms with Crippen molar-refractivity contribution in [2.75, 3.05) is 17.2 Å². The van der Waals surface area contributed by atoms with E-state index in [0.717, 1.165) is 19.3 Å². The Bertz CT molecular complexity index is 498. The van der Waals surface area contributed by atoms with Crippen molar-refractivity contribution in [3.8, 4) is 0 Å². The molecule has 1 aromatic rings. The molecule has 2 heterocycles. The lowest BCUT2D eigenvalue weighted by Gasteiger charge is -2.38. The van der Waals surface area contributed by atoms with Crippen LogP contribution in [0.2, 0.25) is 5.28 Å². The molecule has 1 amide bonds. The largest absolute Gasteiger partial charge is 0.367 e. The first-order valence-electron chi connectivity index (χ1n) is 5.70. The number of rotatable bonds is 0. The Labute approximate surface area is 104 Å². The molecule has 5 nitrogen and oxygen atoms in total. The second-order valence-electron chi connectivity index (χ2n) is 4.74. The number of carbonyl (C=O) groups excluding carboxylic acids is 1. The summed E-state index contributed by atoms with van der Waals surface area (Å²) in [7, 11) is 0. The fourth-order valence-corrected chi connectivity index (χ4v) is 2.61. The van der Waals surface area contributed by atoms with Crippen LogP contribution in [-0.2, 0) is 4.79 Å². The van der Waals surface area contributed by atoms with E-state index in [1.807, 2.05) is 6.92 Å². The molecule has 90 valence electrons. The van der Waals surface area contributed by atoms with Gasteiger partial charge in [-0.3, -0.25) is 4.79 Å². The number of hydrogen-bond donors (Lipinski definition) is 2. The van der Waals surface area contributed by atoms with Crippen LogP contribution in [0.15, 0.2) is 0 Å². The van der Waals surface area contributed by atoms with Gasteiger partial charge in [0.2, 0.25) is 11.2 Å². The average molecular weight is 253 g/mol. The third-order valence-electron chi connectivity index (χ3n) is 3.69. The van der Waals surface area contributed by atoms with E-state index in [0.29, 0.717) is 23.7 Å². The van der Waals surface area contributed by atoms with Gasteiger partial charge in [0.1, 0.15) is 5.69 Å². The van der Waals surface area contributed by atoms with E-state index in [9.17, 15) is 4.79 Å². The zero-order valence-corrected chi connectivity index (χ0v) is 10.3. The van der Waals surface area contributed by atoms with Crippen LogP contribution in [0, 0.1) is 12.3 Å². The molecule has 3 rings (SSSR count). The predicted molar refractivity (Wildman–Crippen MR) is 65.2 cm³/mol. The number of amides is 1. The van der Waals surface area contributed by atoms with Gasteiger partial charge < -0.3 is 10.6 Å². The molecular formula is C11H13ClN4O. The van der Waals surface area contributed by atoms with E-state index < -0.39 is 0 Å². The Hall–Kier alpha value is -1.36. The Balaban J connectivity index is 2.02. The molecule has 0 atom stereocenters. The molecule has 6 heteroatoms. The van der Waals surface area contributed by atoms with E-state index in [-0.39, 0.29) is 16.6 Å². The van der Waals surface area contributed by atoms with Crippen molar-refractivity contribution in [3.63, 3.8) is 0 Å². The lowest BCUT2D eigenvalue weighted by Crippen LogP contribution is -2.45. The van der Waals surface area contributed by atoms with Crippen LogP contribution < -0.4 is 10.6 Å². The maximum Gasteiger partial charge on any atom is 0.232 e. The van der Waals surface area contributed by atoms with Crippen LogP contribution in [0.1, 0.15) is 25.0 Å². The van der Waals surface area contributed by atoms with E-state index >= 15 is 0 Å². The van der Waals surface area contributed by atoms with Gasteiger partial charge in [-0.2, -0.15) is 4.98 Å². The number of halogens is 1. The minimum atomic E-state index is -0.264. The third kappa shape index (κ3) is 1.57. The number of fused-ring (bicyclic) bond motifs is 1. The Kier molecular flexibility index (Phi) is 2.26. The van der Waals surface area contributed by atoms with Crippen LogP contribution in [0.5, 0.6) is 0 Å². The van der Waals surface area contributed by atoms with Crippen LogP contribution in [0.4, 0.5) is 11.5 Å². The van der Waals surface area contributed by atoms with Crippen molar-refractivity contribution in [2.24, 2.45) is 5.41 Å². The highest BCUT2D eigenvalue weighted by molar-refractivity contribution is 6.28. The van der Waals surface area contributed by atoms with Gasteiger partial charge in [0, 0.05) is 6.54 Å². The van der Waals surface area contributed by atoms with Gasteiger partial charge in [0.15, 0.2) is 5.82 Å². The Morgan fingerprint density at radius 2 is 2.12 bits per heavy atom. The summed E-state index contributed by atoms with van der Waals surface area (Å²) in [6.07, 6.45) is 2.97. The molecule has 0 bridgehead atoms. The number of aromatic nitrogens is 2. The number of aryl methyl sites for hydroxylation is 1. The molecule has 1 aromatic heterocycles. The highest BCUT2D eigenvalue weighted by Gasteiger charge is 2.45. The Morgan fingerprint density at radius 1 is 1.35 bits per heavy atom. The first-order chi connectivity index (χ1) is 8.11. The van der Waals surface area contributed by atoms with Crippen molar-refractivity contribution in [1.82, 2.24) is 9.97 Å². The standard InChI is InChI=1S/C11H13ClN4O/c1-6-7-8(16-10(12)14-6)13-5-11(3-2-4-11)9(17)15-7/h2-5H2,1H3,(H,15,17)(H,13,14,16). The topological polar surface area (TPSA) is 66.9 Å². The summed E-state index contributed by atoms with van der Waals surface area (Å²) >= 11 is 5.82. The van der Waals surface area contributed by atoms with Crippen molar-refractivity contribution >= 4 is 29.0 Å². The summed E-state index contributed by atoms with van der Waals surface area (Å²) in [6, 6.07) is 0. The van der Waals surface area contributed by atoms with Gasteiger partial charge in [-0.15, -0.1) is 0 Å². The minimum Gasteiger partial charge on any atom is -0.367 e. The summed E-state index contributed by atoms with van der Waals surface area (Å²) in [5.74, 6) is 0.698.